The fourth-order valence-corrected chi connectivity index (χ4v) is 18.0. The summed E-state index contributed by atoms with van der Waals surface area (Å²) in [5.74, 6) is 5.17. The number of rotatable bonds is 7. The lowest BCUT2D eigenvalue weighted by atomic mass is 9.67. The van der Waals surface area contributed by atoms with Crippen molar-refractivity contribution in [2.75, 3.05) is 0 Å². The van der Waals surface area contributed by atoms with Gasteiger partial charge in [0.25, 0.3) is 0 Å². The van der Waals surface area contributed by atoms with Crippen molar-refractivity contribution in [2.45, 2.75) is 43.9 Å². The first-order valence-corrected chi connectivity index (χ1v) is 32.6. The van der Waals surface area contributed by atoms with Gasteiger partial charge in [0, 0.05) is 84.6 Å². The van der Waals surface area contributed by atoms with Crippen molar-refractivity contribution in [1.82, 2.24) is 0 Å². The SMILES string of the molecule is Cc1ccccc1-c1cccc2c1sc1ccc(C3(C)c4cc(-c5ccccc5)ccc4Oc4cc(-c5ccc6c(c5)Oc5ccccc5C6(C)c5cccc6c5sc5ccc(C7(C)c8ccccc8Oc8ccccc87)cc56)c(-c5ccccc5)cc43)cc12. The van der Waals surface area contributed by atoms with Gasteiger partial charge in [0.1, 0.15) is 34.5 Å². The molecular weight excluding hydrogens is 1130 g/mol. The molecule has 0 amide bonds. The molecule has 2 atom stereocenters. The predicted molar refractivity (Wildman–Crippen MR) is 374 cm³/mol. The molecule has 0 spiro atoms. The molecule has 0 saturated heterocycles. The molecule has 0 N–H and O–H groups in total. The molecule has 18 rings (SSSR count). The number of fused-ring (bicyclic) bond motifs is 12. The van der Waals surface area contributed by atoms with E-state index >= 15 is 0 Å². The van der Waals surface area contributed by atoms with Crippen LogP contribution < -0.4 is 14.2 Å². The van der Waals surface area contributed by atoms with Crippen molar-refractivity contribution in [3.63, 3.8) is 0 Å². The summed E-state index contributed by atoms with van der Waals surface area (Å²) >= 11 is 3.77. The van der Waals surface area contributed by atoms with E-state index in [1.165, 1.54) is 90.4 Å². The van der Waals surface area contributed by atoms with Crippen molar-refractivity contribution in [3.8, 4) is 79.0 Å². The van der Waals surface area contributed by atoms with Gasteiger partial charge in [-0.1, -0.05) is 206 Å². The zero-order chi connectivity index (χ0) is 60.0. The molecule has 428 valence electrons. The average molecular weight is 1190 g/mol. The molecule has 0 fully saturated rings. The Kier molecular flexibility index (Phi) is 11.6. The largest absolute Gasteiger partial charge is 0.457 e. The van der Waals surface area contributed by atoms with E-state index < -0.39 is 16.2 Å². The van der Waals surface area contributed by atoms with Gasteiger partial charge in [-0.25, -0.2) is 0 Å². The smallest absolute Gasteiger partial charge is 0.132 e. The fourth-order valence-electron chi connectivity index (χ4n) is 15.5. The molecule has 90 heavy (non-hydrogen) atoms. The minimum absolute atomic E-state index is 0.433. The lowest BCUT2D eigenvalue weighted by molar-refractivity contribution is 0.427. The third kappa shape index (κ3) is 7.70. The molecule has 0 radical (unpaired) electrons. The maximum absolute atomic E-state index is 7.32. The van der Waals surface area contributed by atoms with Crippen LogP contribution in [-0.4, -0.2) is 0 Å². The number of thiophene rings is 2. The van der Waals surface area contributed by atoms with Crippen molar-refractivity contribution >= 4 is 63.0 Å². The minimum atomic E-state index is -0.648. The Morgan fingerprint density at radius 3 is 1.39 bits per heavy atom. The van der Waals surface area contributed by atoms with Gasteiger partial charge < -0.3 is 14.2 Å². The number of ether oxygens (including phenoxy) is 3. The summed E-state index contributed by atoms with van der Waals surface area (Å²) in [6, 6.07) is 102. The van der Waals surface area contributed by atoms with Crippen LogP contribution in [-0.2, 0) is 16.2 Å². The topological polar surface area (TPSA) is 27.7 Å². The molecular formula is C85H58O3S2. The summed E-state index contributed by atoms with van der Waals surface area (Å²) in [6.07, 6.45) is 0. The van der Waals surface area contributed by atoms with E-state index in [9.17, 15) is 0 Å². The van der Waals surface area contributed by atoms with Gasteiger partial charge in [0.05, 0.1) is 5.41 Å². The summed E-state index contributed by atoms with van der Waals surface area (Å²) in [5, 5.41) is 5.03. The number of hydrogen-bond donors (Lipinski definition) is 0. The zero-order valence-corrected chi connectivity index (χ0v) is 51.7. The summed E-state index contributed by atoms with van der Waals surface area (Å²) < 4.78 is 26.1. The van der Waals surface area contributed by atoms with Crippen molar-refractivity contribution in [1.29, 1.82) is 0 Å². The molecule has 13 aromatic carbocycles. The van der Waals surface area contributed by atoms with Crippen LogP contribution in [0.5, 0.6) is 34.5 Å². The van der Waals surface area contributed by atoms with Crippen LogP contribution in [0.3, 0.4) is 0 Å². The third-order valence-electron chi connectivity index (χ3n) is 20.3. The monoisotopic (exact) mass is 1190 g/mol. The van der Waals surface area contributed by atoms with E-state index in [-0.39, 0.29) is 0 Å². The zero-order valence-electron chi connectivity index (χ0n) is 50.1. The van der Waals surface area contributed by atoms with Crippen LogP contribution in [0.2, 0.25) is 0 Å². The predicted octanol–water partition coefficient (Wildman–Crippen LogP) is 23.8. The van der Waals surface area contributed by atoms with Crippen LogP contribution in [0.4, 0.5) is 0 Å². The molecule has 5 heterocycles. The number of hydrogen-bond acceptors (Lipinski definition) is 5. The maximum Gasteiger partial charge on any atom is 0.132 e. The first-order chi connectivity index (χ1) is 44.1. The number of para-hydroxylation sites is 3. The Morgan fingerprint density at radius 1 is 0.256 bits per heavy atom. The first kappa shape index (κ1) is 52.8. The molecule has 0 aliphatic carbocycles. The fraction of sp³-hybridized carbons (Fsp3) is 0.0824. The number of aryl methyl sites for hydroxylation is 1. The third-order valence-corrected chi connectivity index (χ3v) is 22.7. The van der Waals surface area contributed by atoms with Crippen molar-refractivity contribution in [2.24, 2.45) is 0 Å². The van der Waals surface area contributed by atoms with E-state index in [1.807, 2.05) is 22.7 Å². The molecule has 0 bridgehead atoms. The van der Waals surface area contributed by atoms with Crippen LogP contribution in [0.1, 0.15) is 76.4 Å². The first-order valence-electron chi connectivity index (χ1n) is 31.0. The average Bonchev–Trinajstić information content (AvgIpc) is 1.12. The van der Waals surface area contributed by atoms with Gasteiger partial charge in [-0.2, -0.15) is 0 Å². The maximum atomic E-state index is 7.32. The second-order valence-electron chi connectivity index (χ2n) is 25.0. The van der Waals surface area contributed by atoms with E-state index in [0.29, 0.717) is 0 Å². The minimum Gasteiger partial charge on any atom is -0.457 e. The Morgan fingerprint density at radius 2 is 0.722 bits per heavy atom. The Balaban J connectivity index is 0.802. The summed E-state index contributed by atoms with van der Waals surface area (Å²) in [6.45, 7) is 9.38. The van der Waals surface area contributed by atoms with Gasteiger partial charge in [0.15, 0.2) is 0 Å². The van der Waals surface area contributed by atoms with Crippen LogP contribution in [0, 0.1) is 6.92 Å². The van der Waals surface area contributed by atoms with Crippen molar-refractivity contribution in [3.05, 3.63) is 335 Å². The van der Waals surface area contributed by atoms with Gasteiger partial charge in [-0.05, 0) is 167 Å². The highest BCUT2D eigenvalue weighted by Crippen LogP contribution is 2.59. The molecule has 3 aliphatic heterocycles. The van der Waals surface area contributed by atoms with Gasteiger partial charge in [-0.15, -0.1) is 22.7 Å². The van der Waals surface area contributed by atoms with Crippen molar-refractivity contribution < 1.29 is 14.2 Å². The summed E-state index contributed by atoms with van der Waals surface area (Å²) in [5.41, 5.74) is 19.3. The standard InChI is InChI=1S/C85H58O3S2/c1-51-21-11-12-26-58(51)59-27-19-28-60-64-48-57(40-43-79(64)89-81(59)60)84(3)71-45-54(52-22-7-5-8-23-52)38-42-76(71)88-78-50-63(62(49-72(78)84)53-24-9-6-10-25-53)55-37-41-69-77(46-55)87-75-36-18-15-32-68(75)85(69,4)70-33-20-29-61-65-47-56(39-44-80(65)90-82(61)70)83(2)66-30-13-16-34-73(66)86-74-35-17-14-31-67(74)83/h5-50H,1-4H3. The number of benzene rings is 13. The molecule has 3 nitrogen and oxygen atoms in total. The van der Waals surface area contributed by atoms with Gasteiger partial charge >= 0.3 is 0 Å². The molecule has 2 aromatic heterocycles. The van der Waals surface area contributed by atoms with Crippen LogP contribution in [0.25, 0.3) is 84.9 Å². The molecule has 3 aliphatic rings. The molecule has 15 aromatic rings. The van der Waals surface area contributed by atoms with E-state index in [0.717, 1.165) is 84.6 Å². The van der Waals surface area contributed by atoms with Crippen LogP contribution >= 0.6 is 22.7 Å². The second-order valence-corrected chi connectivity index (χ2v) is 27.1. The van der Waals surface area contributed by atoms with E-state index in [2.05, 4.69) is 307 Å². The van der Waals surface area contributed by atoms with E-state index in [4.69, 9.17) is 14.2 Å². The highest BCUT2D eigenvalue weighted by Gasteiger charge is 2.45. The summed E-state index contributed by atoms with van der Waals surface area (Å²) in [4.78, 5) is 0. The van der Waals surface area contributed by atoms with Gasteiger partial charge in [-0.3, -0.25) is 0 Å². The summed E-state index contributed by atoms with van der Waals surface area (Å²) in [7, 11) is 0. The molecule has 0 saturated carbocycles. The molecule has 2 unspecified atom stereocenters. The Labute approximate surface area is 531 Å². The lowest BCUT2D eigenvalue weighted by Crippen LogP contribution is -2.30. The Bertz CT molecular complexity index is 5430. The second kappa shape index (κ2) is 19.9. The Hall–Kier alpha value is -10.3. The highest BCUT2D eigenvalue weighted by atomic mass is 32.1. The quantitative estimate of drug-likeness (QED) is 0.159. The molecule has 5 heteroatoms. The normalized spacial score (nSPS) is 16.7. The highest BCUT2D eigenvalue weighted by molar-refractivity contribution is 7.26. The lowest BCUT2D eigenvalue weighted by Gasteiger charge is -2.39. The van der Waals surface area contributed by atoms with E-state index in [1.54, 1.807) is 0 Å². The van der Waals surface area contributed by atoms with Gasteiger partial charge in [0.2, 0.25) is 0 Å². The van der Waals surface area contributed by atoms with Crippen LogP contribution in [0.15, 0.2) is 279 Å².